The van der Waals surface area contributed by atoms with E-state index in [0.717, 1.165) is 57.8 Å². The summed E-state index contributed by atoms with van der Waals surface area (Å²) < 4.78 is 5.77. The Balaban J connectivity index is 2.29. The van der Waals surface area contributed by atoms with Crippen molar-refractivity contribution in [3.05, 3.63) is 48.0 Å². The van der Waals surface area contributed by atoms with Crippen LogP contribution < -0.4 is 0 Å². The van der Waals surface area contributed by atoms with Crippen molar-refractivity contribution in [2.75, 3.05) is 0 Å². The Morgan fingerprint density at radius 1 is 0.931 bits per heavy atom. The zero-order chi connectivity index (χ0) is 21.2. The van der Waals surface area contributed by atoms with E-state index in [2.05, 4.69) is 19.1 Å². The minimum Gasteiger partial charge on any atom is -0.481 e. The number of carbonyl (C=O) groups excluding carboxylic acids is 1. The SMILES string of the molecule is CCCCCC[C@H](CC=CCCCCCCCC(=O)O)OC(=O)c1ccccc1. The Morgan fingerprint density at radius 2 is 1.62 bits per heavy atom. The molecule has 162 valence electrons. The van der Waals surface area contributed by atoms with Gasteiger partial charge in [-0.25, -0.2) is 4.79 Å². The summed E-state index contributed by atoms with van der Waals surface area (Å²) in [5.74, 6) is -0.939. The van der Waals surface area contributed by atoms with Gasteiger partial charge in [-0.2, -0.15) is 0 Å². The minimum atomic E-state index is -0.704. The van der Waals surface area contributed by atoms with Gasteiger partial charge in [-0.1, -0.05) is 75.8 Å². The van der Waals surface area contributed by atoms with Gasteiger partial charge in [-0.15, -0.1) is 0 Å². The van der Waals surface area contributed by atoms with Crippen LogP contribution in [0.1, 0.15) is 101 Å². The lowest BCUT2D eigenvalue weighted by atomic mass is 10.1. The molecule has 1 rings (SSSR count). The Kier molecular flexibility index (Phi) is 14.5. The van der Waals surface area contributed by atoms with Gasteiger partial charge in [0, 0.05) is 12.8 Å². The molecule has 4 nitrogen and oxygen atoms in total. The van der Waals surface area contributed by atoms with Crippen molar-refractivity contribution in [2.45, 2.75) is 96.5 Å². The van der Waals surface area contributed by atoms with E-state index in [0.29, 0.717) is 5.56 Å². The molecule has 0 aromatic heterocycles. The first kappa shape index (κ1) is 24.9. The average molecular weight is 403 g/mol. The van der Waals surface area contributed by atoms with E-state index in [1.54, 1.807) is 12.1 Å². The van der Waals surface area contributed by atoms with Gasteiger partial charge in [0.25, 0.3) is 0 Å². The first-order valence-corrected chi connectivity index (χ1v) is 11.3. The molecule has 1 atom stereocenters. The van der Waals surface area contributed by atoms with Crippen molar-refractivity contribution in [3.8, 4) is 0 Å². The van der Waals surface area contributed by atoms with Gasteiger partial charge in [0.15, 0.2) is 0 Å². The van der Waals surface area contributed by atoms with Crippen molar-refractivity contribution in [2.24, 2.45) is 0 Å². The third-order valence-corrected chi connectivity index (χ3v) is 4.99. The number of ether oxygens (including phenoxy) is 1. The molecule has 0 radical (unpaired) electrons. The maximum atomic E-state index is 12.4. The van der Waals surface area contributed by atoms with Crippen LogP contribution in [0.5, 0.6) is 0 Å². The van der Waals surface area contributed by atoms with Gasteiger partial charge in [0.2, 0.25) is 0 Å². The summed E-state index contributed by atoms with van der Waals surface area (Å²) in [7, 11) is 0. The van der Waals surface area contributed by atoms with Crippen molar-refractivity contribution in [1.29, 1.82) is 0 Å². The number of carboxylic acid groups (broad SMARTS) is 1. The molecule has 0 saturated carbocycles. The lowest BCUT2D eigenvalue weighted by molar-refractivity contribution is -0.137. The summed E-state index contributed by atoms with van der Waals surface area (Å²) in [5, 5.41) is 8.62. The van der Waals surface area contributed by atoms with Gasteiger partial charge in [0.05, 0.1) is 5.56 Å². The summed E-state index contributed by atoms with van der Waals surface area (Å²) in [4.78, 5) is 22.8. The van der Waals surface area contributed by atoms with Crippen LogP contribution in [-0.4, -0.2) is 23.1 Å². The molecule has 0 aliphatic carbocycles. The molecule has 0 bridgehead atoms. The number of aliphatic carboxylic acids is 1. The standard InChI is InChI=1S/C25H38O4/c1-2-3-4-14-19-23(29-25(28)22-17-12-11-13-18-22)20-15-9-7-5-6-8-10-16-21-24(26)27/h9,11-13,15,17-18,23H,2-8,10,14,16,19-21H2,1H3,(H,26,27)/t23-/m1/s1. The van der Waals surface area contributed by atoms with Crippen molar-refractivity contribution in [3.63, 3.8) is 0 Å². The normalized spacial score (nSPS) is 12.2. The second-order valence-electron chi connectivity index (χ2n) is 7.65. The van der Waals surface area contributed by atoms with Gasteiger partial charge in [0.1, 0.15) is 6.10 Å². The summed E-state index contributed by atoms with van der Waals surface area (Å²) in [6, 6.07) is 9.20. The Morgan fingerprint density at radius 3 is 2.34 bits per heavy atom. The number of hydrogen-bond donors (Lipinski definition) is 1. The van der Waals surface area contributed by atoms with Crippen molar-refractivity contribution in [1.82, 2.24) is 0 Å². The molecule has 0 aliphatic heterocycles. The fraction of sp³-hybridized carbons (Fsp3) is 0.600. The third-order valence-electron chi connectivity index (χ3n) is 4.99. The van der Waals surface area contributed by atoms with Gasteiger partial charge in [-0.05, 0) is 44.2 Å². The van der Waals surface area contributed by atoms with Gasteiger partial charge < -0.3 is 9.84 Å². The van der Waals surface area contributed by atoms with Crippen molar-refractivity contribution < 1.29 is 19.4 Å². The molecule has 0 spiro atoms. The van der Waals surface area contributed by atoms with Crippen LogP contribution in [0, 0.1) is 0 Å². The summed E-state index contributed by atoms with van der Waals surface area (Å²) in [5.41, 5.74) is 0.609. The molecule has 1 aromatic rings. The maximum absolute atomic E-state index is 12.4. The monoisotopic (exact) mass is 402 g/mol. The quantitative estimate of drug-likeness (QED) is 0.174. The minimum absolute atomic E-state index is 0.0631. The van der Waals surface area contributed by atoms with Gasteiger partial charge >= 0.3 is 11.9 Å². The highest BCUT2D eigenvalue weighted by molar-refractivity contribution is 5.89. The molecule has 0 unspecified atom stereocenters. The summed E-state index contributed by atoms with van der Waals surface area (Å²) in [6.45, 7) is 2.20. The molecule has 0 aliphatic rings. The van der Waals surface area contributed by atoms with Crippen LogP contribution in [0.15, 0.2) is 42.5 Å². The van der Waals surface area contributed by atoms with E-state index < -0.39 is 5.97 Å². The number of allylic oxidation sites excluding steroid dienone is 1. The lowest BCUT2D eigenvalue weighted by Crippen LogP contribution is -2.18. The summed E-state index contributed by atoms with van der Waals surface area (Å²) >= 11 is 0. The van der Waals surface area contributed by atoms with Crippen LogP contribution in [0.2, 0.25) is 0 Å². The summed E-state index contributed by atoms with van der Waals surface area (Å²) in [6.07, 6.45) is 17.1. The van der Waals surface area contributed by atoms with Crippen molar-refractivity contribution >= 4 is 11.9 Å². The van der Waals surface area contributed by atoms with E-state index in [1.807, 2.05) is 18.2 Å². The number of esters is 1. The fourth-order valence-corrected chi connectivity index (χ4v) is 3.25. The predicted octanol–water partition coefficient (Wildman–Crippen LogP) is 6.94. The van der Waals surface area contributed by atoms with Crippen LogP contribution in [-0.2, 0) is 9.53 Å². The van der Waals surface area contributed by atoms with E-state index in [-0.39, 0.29) is 18.5 Å². The van der Waals surface area contributed by atoms with Crippen LogP contribution in [0.25, 0.3) is 0 Å². The van der Waals surface area contributed by atoms with Crippen LogP contribution in [0.4, 0.5) is 0 Å². The highest BCUT2D eigenvalue weighted by atomic mass is 16.5. The smallest absolute Gasteiger partial charge is 0.338 e. The van der Waals surface area contributed by atoms with E-state index >= 15 is 0 Å². The largest absolute Gasteiger partial charge is 0.481 e. The molecule has 29 heavy (non-hydrogen) atoms. The maximum Gasteiger partial charge on any atom is 0.338 e. The number of carboxylic acids is 1. The molecule has 0 saturated heterocycles. The molecule has 0 heterocycles. The highest BCUT2D eigenvalue weighted by Crippen LogP contribution is 2.15. The molecule has 1 N–H and O–H groups in total. The number of unbranched alkanes of at least 4 members (excludes halogenated alkanes) is 8. The number of hydrogen-bond acceptors (Lipinski definition) is 3. The molecular weight excluding hydrogens is 364 g/mol. The van der Waals surface area contributed by atoms with Crippen LogP contribution in [0.3, 0.4) is 0 Å². The van der Waals surface area contributed by atoms with Gasteiger partial charge in [-0.3, -0.25) is 4.79 Å². The lowest BCUT2D eigenvalue weighted by Gasteiger charge is -2.16. The van der Waals surface area contributed by atoms with Crippen LogP contribution >= 0.6 is 0 Å². The average Bonchev–Trinajstić information content (AvgIpc) is 2.72. The fourth-order valence-electron chi connectivity index (χ4n) is 3.25. The predicted molar refractivity (Wildman–Crippen MR) is 118 cm³/mol. The first-order chi connectivity index (χ1) is 14.1. The second kappa shape index (κ2) is 16.8. The molecule has 0 amide bonds. The van der Waals surface area contributed by atoms with E-state index in [4.69, 9.17) is 9.84 Å². The van der Waals surface area contributed by atoms with E-state index in [1.165, 1.54) is 19.3 Å². The van der Waals surface area contributed by atoms with E-state index in [9.17, 15) is 9.59 Å². The Labute approximate surface area is 176 Å². The zero-order valence-electron chi connectivity index (χ0n) is 18.0. The number of benzene rings is 1. The second-order valence-corrected chi connectivity index (χ2v) is 7.65. The Hall–Kier alpha value is -2.10. The third kappa shape index (κ3) is 13.7. The number of carbonyl (C=O) groups is 2. The number of rotatable bonds is 17. The first-order valence-electron chi connectivity index (χ1n) is 11.3. The molecule has 1 aromatic carbocycles. The zero-order valence-corrected chi connectivity index (χ0v) is 18.0. The molecular formula is C25H38O4. The Bertz CT molecular complexity index is 580. The highest BCUT2D eigenvalue weighted by Gasteiger charge is 2.14. The molecule has 0 fully saturated rings. The topological polar surface area (TPSA) is 63.6 Å². The molecule has 4 heteroatoms.